The van der Waals surface area contributed by atoms with Crippen molar-refractivity contribution < 1.29 is 13.2 Å². The quantitative estimate of drug-likeness (QED) is 0.675. The van der Waals surface area contributed by atoms with Gasteiger partial charge in [-0.3, -0.25) is 4.79 Å². The molecule has 1 aliphatic heterocycles. The first-order valence-electron chi connectivity index (χ1n) is 9.15. The van der Waals surface area contributed by atoms with E-state index in [1.807, 2.05) is 30.3 Å². The fraction of sp³-hybridized carbons (Fsp3) is 0.350. The van der Waals surface area contributed by atoms with Gasteiger partial charge < -0.3 is 4.90 Å². The van der Waals surface area contributed by atoms with Crippen molar-refractivity contribution in [2.24, 2.45) is 0 Å². The summed E-state index contributed by atoms with van der Waals surface area (Å²) in [7, 11) is -4.02. The van der Waals surface area contributed by atoms with Gasteiger partial charge in [-0.15, -0.1) is 0 Å². The standard InChI is InChI=1S/C20H22Cl2N2O3S/c21-17-9-10-18(22)19(13-17)28(26,27)24(14-16-7-3-1-4-8-16)15-20(25)23-11-5-2-6-12-23/h1,3-4,7-10,13H,2,5-6,11-12,14-15H2. The molecule has 1 heterocycles. The molecule has 1 aliphatic rings. The van der Waals surface area contributed by atoms with Crippen LogP contribution in [0.2, 0.25) is 10.0 Å². The topological polar surface area (TPSA) is 57.7 Å². The van der Waals surface area contributed by atoms with Crippen molar-refractivity contribution in [1.82, 2.24) is 9.21 Å². The fourth-order valence-electron chi connectivity index (χ4n) is 3.22. The summed E-state index contributed by atoms with van der Waals surface area (Å²) in [5.41, 5.74) is 0.788. The zero-order valence-electron chi connectivity index (χ0n) is 15.4. The zero-order chi connectivity index (χ0) is 20.1. The van der Waals surface area contributed by atoms with Crippen molar-refractivity contribution in [1.29, 1.82) is 0 Å². The maximum absolute atomic E-state index is 13.3. The normalized spacial score (nSPS) is 15.0. The molecule has 0 saturated carbocycles. The predicted octanol–water partition coefficient (Wildman–Crippen LogP) is 4.20. The number of hydrogen-bond donors (Lipinski definition) is 0. The number of amides is 1. The third kappa shape index (κ3) is 5.06. The van der Waals surface area contributed by atoms with Gasteiger partial charge in [0.25, 0.3) is 0 Å². The molecule has 28 heavy (non-hydrogen) atoms. The van der Waals surface area contributed by atoms with Crippen molar-refractivity contribution in [2.75, 3.05) is 19.6 Å². The minimum absolute atomic E-state index is 0.0750. The molecule has 1 fully saturated rings. The number of carbonyl (C=O) groups excluding carboxylic acids is 1. The fourth-order valence-corrected chi connectivity index (χ4v) is 5.34. The molecular weight excluding hydrogens is 419 g/mol. The number of carbonyl (C=O) groups is 1. The van der Waals surface area contributed by atoms with E-state index in [4.69, 9.17) is 23.2 Å². The lowest BCUT2D eigenvalue weighted by atomic mass is 10.1. The highest BCUT2D eigenvalue weighted by Crippen LogP contribution is 2.28. The number of rotatable bonds is 6. The maximum Gasteiger partial charge on any atom is 0.245 e. The van der Waals surface area contributed by atoms with Crippen molar-refractivity contribution >= 4 is 39.1 Å². The van der Waals surface area contributed by atoms with Crippen LogP contribution in [-0.4, -0.2) is 43.2 Å². The second-order valence-corrected chi connectivity index (χ2v) is 9.52. The Morgan fingerprint density at radius 2 is 1.68 bits per heavy atom. The van der Waals surface area contributed by atoms with Gasteiger partial charge in [0.15, 0.2) is 0 Å². The van der Waals surface area contributed by atoms with Crippen LogP contribution in [0.4, 0.5) is 0 Å². The van der Waals surface area contributed by atoms with E-state index < -0.39 is 10.0 Å². The maximum atomic E-state index is 13.3. The lowest BCUT2D eigenvalue weighted by Gasteiger charge is -2.30. The van der Waals surface area contributed by atoms with E-state index in [2.05, 4.69) is 0 Å². The van der Waals surface area contributed by atoms with Crippen LogP contribution in [0.25, 0.3) is 0 Å². The number of benzene rings is 2. The van der Waals surface area contributed by atoms with E-state index in [-0.39, 0.29) is 33.9 Å². The van der Waals surface area contributed by atoms with Gasteiger partial charge in [-0.25, -0.2) is 8.42 Å². The first-order valence-corrected chi connectivity index (χ1v) is 11.3. The lowest BCUT2D eigenvalue weighted by molar-refractivity contribution is -0.132. The summed E-state index contributed by atoms with van der Waals surface area (Å²) in [6.45, 7) is 1.16. The van der Waals surface area contributed by atoms with Crippen molar-refractivity contribution in [3.8, 4) is 0 Å². The van der Waals surface area contributed by atoms with E-state index in [1.165, 1.54) is 22.5 Å². The molecule has 150 valence electrons. The van der Waals surface area contributed by atoms with E-state index >= 15 is 0 Å². The number of sulfonamides is 1. The minimum Gasteiger partial charge on any atom is -0.342 e. The average molecular weight is 441 g/mol. The predicted molar refractivity (Wildman–Crippen MR) is 111 cm³/mol. The Morgan fingerprint density at radius 1 is 1.00 bits per heavy atom. The molecule has 2 aromatic rings. The Balaban J connectivity index is 1.92. The SMILES string of the molecule is O=C(CN(Cc1ccccc1)S(=O)(=O)c1cc(Cl)ccc1Cl)N1CCCCC1. The molecule has 0 radical (unpaired) electrons. The molecule has 1 saturated heterocycles. The largest absolute Gasteiger partial charge is 0.342 e. The van der Waals surface area contributed by atoms with Gasteiger partial charge in [0, 0.05) is 24.7 Å². The Labute approximate surface area is 175 Å². The highest BCUT2D eigenvalue weighted by atomic mass is 35.5. The third-order valence-corrected chi connectivity index (χ3v) is 7.24. The Bertz CT molecular complexity index is 930. The summed E-state index contributed by atoms with van der Waals surface area (Å²) in [5.74, 6) is -0.197. The van der Waals surface area contributed by atoms with Gasteiger partial charge in [-0.05, 0) is 43.0 Å². The summed E-state index contributed by atoms with van der Waals surface area (Å²) in [6, 6.07) is 13.5. The second kappa shape index (κ2) is 9.27. The molecule has 3 rings (SSSR count). The van der Waals surface area contributed by atoms with Crippen LogP contribution in [0.3, 0.4) is 0 Å². The summed E-state index contributed by atoms with van der Waals surface area (Å²) in [5, 5.41) is 0.345. The first kappa shape index (κ1) is 21.1. The molecule has 0 bridgehead atoms. The van der Waals surface area contributed by atoms with Gasteiger partial charge in [-0.2, -0.15) is 4.31 Å². The Morgan fingerprint density at radius 3 is 2.36 bits per heavy atom. The molecule has 0 aliphatic carbocycles. The van der Waals surface area contributed by atoms with Gasteiger partial charge in [0.05, 0.1) is 11.6 Å². The van der Waals surface area contributed by atoms with E-state index in [0.717, 1.165) is 24.8 Å². The van der Waals surface area contributed by atoms with Crippen LogP contribution in [0, 0.1) is 0 Å². The van der Waals surface area contributed by atoms with E-state index in [0.29, 0.717) is 13.1 Å². The summed E-state index contributed by atoms with van der Waals surface area (Å²) in [6.07, 6.45) is 2.97. The van der Waals surface area contributed by atoms with Gasteiger partial charge in [0.1, 0.15) is 4.90 Å². The molecule has 2 aromatic carbocycles. The van der Waals surface area contributed by atoms with Crippen molar-refractivity contribution in [3.63, 3.8) is 0 Å². The van der Waals surface area contributed by atoms with Gasteiger partial charge in [-0.1, -0.05) is 53.5 Å². The highest BCUT2D eigenvalue weighted by molar-refractivity contribution is 7.89. The molecule has 8 heteroatoms. The number of hydrogen-bond acceptors (Lipinski definition) is 3. The van der Waals surface area contributed by atoms with Crippen LogP contribution >= 0.6 is 23.2 Å². The second-order valence-electron chi connectivity index (χ2n) is 6.77. The smallest absolute Gasteiger partial charge is 0.245 e. The number of piperidine rings is 1. The Hall–Kier alpha value is -1.60. The van der Waals surface area contributed by atoms with Crippen molar-refractivity contribution in [2.45, 2.75) is 30.7 Å². The molecule has 0 atom stereocenters. The zero-order valence-corrected chi connectivity index (χ0v) is 17.7. The minimum atomic E-state index is -4.02. The molecule has 0 unspecified atom stereocenters. The van der Waals surface area contributed by atoms with Crippen molar-refractivity contribution in [3.05, 3.63) is 64.1 Å². The molecule has 1 amide bonds. The van der Waals surface area contributed by atoms with Gasteiger partial charge in [0.2, 0.25) is 15.9 Å². The van der Waals surface area contributed by atoms with Crippen LogP contribution < -0.4 is 0 Å². The monoisotopic (exact) mass is 440 g/mol. The summed E-state index contributed by atoms with van der Waals surface area (Å²) >= 11 is 12.2. The summed E-state index contributed by atoms with van der Waals surface area (Å²) < 4.78 is 27.9. The van der Waals surface area contributed by atoms with E-state index in [1.54, 1.807) is 4.90 Å². The third-order valence-electron chi connectivity index (χ3n) is 4.73. The highest BCUT2D eigenvalue weighted by Gasteiger charge is 2.31. The van der Waals surface area contributed by atoms with Crippen LogP contribution in [0.1, 0.15) is 24.8 Å². The van der Waals surface area contributed by atoms with Crippen LogP contribution in [-0.2, 0) is 21.4 Å². The van der Waals surface area contributed by atoms with Gasteiger partial charge >= 0.3 is 0 Å². The molecule has 0 spiro atoms. The average Bonchev–Trinajstić information content (AvgIpc) is 2.70. The van der Waals surface area contributed by atoms with Crippen LogP contribution in [0.15, 0.2) is 53.4 Å². The van der Waals surface area contributed by atoms with Crippen LogP contribution in [0.5, 0.6) is 0 Å². The molecule has 0 aromatic heterocycles. The first-order chi connectivity index (χ1) is 13.4. The molecule has 5 nitrogen and oxygen atoms in total. The number of nitrogens with zero attached hydrogens (tertiary/aromatic N) is 2. The number of halogens is 2. The molecule has 0 N–H and O–H groups in total. The van der Waals surface area contributed by atoms with E-state index in [9.17, 15) is 13.2 Å². The molecular formula is C20H22Cl2N2O3S. The lowest BCUT2D eigenvalue weighted by Crippen LogP contribution is -2.44. The summed E-state index contributed by atoms with van der Waals surface area (Å²) in [4.78, 5) is 14.4. The Kier molecular flexibility index (Phi) is 6.99. The number of likely N-dealkylation sites (tertiary alicyclic amines) is 1.